The number of carbonyl (C=O) groups excluding carboxylic acids is 1. The first-order valence-electron chi connectivity index (χ1n) is 7.12. The predicted octanol–water partition coefficient (Wildman–Crippen LogP) is 1.60. The molecular weight excluding hydrogens is 244 g/mol. The molecule has 2 amide bonds. The summed E-state index contributed by atoms with van der Waals surface area (Å²) >= 11 is 0. The second-order valence-corrected chi connectivity index (χ2v) is 6.32. The molecule has 1 aliphatic rings. The number of aliphatic hydroxyl groups is 1. The van der Waals surface area contributed by atoms with E-state index in [4.69, 9.17) is 4.74 Å². The molecule has 1 heterocycles. The normalized spacial score (nSPS) is 22.8. The van der Waals surface area contributed by atoms with E-state index in [1.807, 2.05) is 4.90 Å². The van der Waals surface area contributed by atoms with Gasteiger partial charge in [0.15, 0.2) is 0 Å². The standard InChI is InChI=1S/C14H28N2O3/c1-11-5-7-19-8-6-16(11)13(18)15-10-14(3,4)9-12(2)17/h11-12,17H,5-10H2,1-4H3,(H,15,18). The smallest absolute Gasteiger partial charge is 0.317 e. The van der Waals surface area contributed by atoms with E-state index < -0.39 is 0 Å². The molecule has 1 rings (SSSR count). The van der Waals surface area contributed by atoms with Crippen LogP contribution in [0.15, 0.2) is 0 Å². The Kier molecular flexibility index (Phi) is 6.07. The molecule has 0 saturated carbocycles. The van der Waals surface area contributed by atoms with Gasteiger partial charge in [-0.15, -0.1) is 0 Å². The van der Waals surface area contributed by atoms with Gasteiger partial charge in [0, 0.05) is 25.7 Å². The number of rotatable bonds is 4. The van der Waals surface area contributed by atoms with Crippen LogP contribution in [0.1, 0.15) is 40.5 Å². The Morgan fingerprint density at radius 1 is 1.53 bits per heavy atom. The zero-order valence-electron chi connectivity index (χ0n) is 12.6. The van der Waals surface area contributed by atoms with E-state index in [0.29, 0.717) is 26.1 Å². The summed E-state index contributed by atoms with van der Waals surface area (Å²) in [4.78, 5) is 14.0. The van der Waals surface area contributed by atoms with Crippen LogP contribution in [0.3, 0.4) is 0 Å². The van der Waals surface area contributed by atoms with E-state index >= 15 is 0 Å². The van der Waals surface area contributed by atoms with Crippen LogP contribution in [-0.2, 0) is 4.74 Å². The van der Waals surface area contributed by atoms with Crippen molar-refractivity contribution in [3.8, 4) is 0 Å². The summed E-state index contributed by atoms with van der Waals surface area (Å²) in [6, 6.07) is 0.180. The predicted molar refractivity (Wildman–Crippen MR) is 75.1 cm³/mol. The van der Waals surface area contributed by atoms with Gasteiger partial charge in [0.25, 0.3) is 0 Å². The van der Waals surface area contributed by atoms with E-state index in [9.17, 15) is 9.90 Å². The fraction of sp³-hybridized carbons (Fsp3) is 0.929. The lowest BCUT2D eigenvalue weighted by Gasteiger charge is -2.30. The van der Waals surface area contributed by atoms with Gasteiger partial charge in [-0.25, -0.2) is 4.79 Å². The lowest BCUT2D eigenvalue weighted by atomic mass is 9.87. The largest absolute Gasteiger partial charge is 0.393 e. The molecule has 0 spiro atoms. The summed E-state index contributed by atoms with van der Waals surface area (Å²) in [6.07, 6.45) is 1.20. The summed E-state index contributed by atoms with van der Waals surface area (Å²) in [7, 11) is 0. The van der Waals surface area contributed by atoms with Crippen molar-refractivity contribution in [2.24, 2.45) is 5.41 Å². The van der Waals surface area contributed by atoms with Gasteiger partial charge in [-0.3, -0.25) is 0 Å². The summed E-state index contributed by atoms with van der Waals surface area (Å²) in [5.74, 6) is 0. The third-order valence-corrected chi connectivity index (χ3v) is 3.52. The number of aliphatic hydroxyl groups excluding tert-OH is 1. The van der Waals surface area contributed by atoms with E-state index in [1.165, 1.54) is 0 Å². The minimum atomic E-state index is -0.350. The summed E-state index contributed by atoms with van der Waals surface area (Å²) in [5.41, 5.74) is -0.102. The van der Waals surface area contributed by atoms with Gasteiger partial charge >= 0.3 is 6.03 Å². The van der Waals surface area contributed by atoms with Crippen LogP contribution in [0.4, 0.5) is 4.79 Å². The fourth-order valence-corrected chi connectivity index (χ4v) is 2.49. The topological polar surface area (TPSA) is 61.8 Å². The Morgan fingerprint density at radius 3 is 2.84 bits per heavy atom. The molecule has 0 bridgehead atoms. The highest BCUT2D eigenvalue weighted by Gasteiger charge is 2.25. The van der Waals surface area contributed by atoms with Crippen LogP contribution in [0.25, 0.3) is 0 Å². The van der Waals surface area contributed by atoms with Crippen LogP contribution in [-0.4, -0.2) is 54.5 Å². The van der Waals surface area contributed by atoms with Crippen molar-refractivity contribution in [2.75, 3.05) is 26.3 Å². The van der Waals surface area contributed by atoms with Crippen molar-refractivity contribution < 1.29 is 14.6 Å². The van der Waals surface area contributed by atoms with Crippen molar-refractivity contribution in [1.29, 1.82) is 0 Å². The van der Waals surface area contributed by atoms with Gasteiger partial charge in [-0.2, -0.15) is 0 Å². The van der Waals surface area contributed by atoms with Crippen LogP contribution in [0.5, 0.6) is 0 Å². The third-order valence-electron chi connectivity index (χ3n) is 3.52. The Labute approximate surface area is 116 Å². The highest BCUT2D eigenvalue weighted by molar-refractivity contribution is 5.74. The summed E-state index contributed by atoms with van der Waals surface area (Å²) < 4.78 is 5.39. The van der Waals surface area contributed by atoms with Crippen LogP contribution < -0.4 is 5.32 Å². The number of carbonyl (C=O) groups is 1. The average molecular weight is 272 g/mol. The maximum absolute atomic E-state index is 12.2. The Hall–Kier alpha value is -0.810. The number of ether oxygens (including phenoxy) is 1. The molecule has 2 atom stereocenters. The van der Waals surface area contributed by atoms with Gasteiger partial charge < -0.3 is 20.1 Å². The van der Waals surface area contributed by atoms with Crippen molar-refractivity contribution in [3.63, 3.8) is 0 Å². The van der Waals surface area contributed by atoms with Crippen molar-refractivity contribution in [1.82, 2.24) is 10.2 Å². The van der Waals surface area contributed by atoms with Crippen LogP contribution in [0, 0.1) is 5.41 Å². The lowest BCUT2D eigenvalue weighted by molar-refractivity contribution is 0.123. The maximum Gasteiger partial charge on any atom is 0.317 e. The molecule has 0 radical (unpaired) electrons. The van der Waals surface area contributed by atoms with Crippen molar-refractivity contribution in [2.45, 2.75) is 52.7 Å². The molecule has 19 heavy (non-hydrogen) atoms. The number of urea groups is 1. The van der Waals surface area contributed by atoms with Crippen molar-refractivity contribution >= 4 is 6.03 Å². The van der Waals surface area contributed by atoms with Gasteiger partial charge in [0.05, 0.1) is 12.7 Å². The number of hydrogen-bond donors (Lipinski definition) is 2. The van der Waals surface area contributed by atoms with E-state index in [-0.39, 0.29) is 23.6 Å². The minimum Gasteiger partial charge on any atom is -0.393 e. The molecule has 112 valence electrons. The first-order chi connectivity index (χ1) is 8.82. The van der Waals surface area contributed by atoms with Gasteiger partial charge in [-0.1, -0.05) is 13.8 Å². The number of amides is 2. The summed E-state index contributed by atoms with van der Waals surface area (Å²) in [6.45, 7) is 10.5. The molecule has 5 nitrogen and oxygen atoms in total. The molecule has 1 aliphatic heterocycles. The minimum absolute atomic E-state index is 0.0309. The number of hydrogen-bond acceptors (Lipinski definition) is 3. The van der Waals surface area contributed by atoms with Gasteiger partial charge in [-0.05, 0) is 32.1 Å². The molecule has 5 heteroatoms. The second-order valence-electron chi connectivity index (χ2n) is 6.32. The number of nitrogens with zero attached hydrogens (tertiary/aromatic N) is 1. The third kappa shape index (κ3) is 5.78. The SMILES string of the molecule is CC(O)CC(C)(C)CNC(=O)N1CCOCCC1C. The zero-order valence-corrected chi connectivity index (χ0v) is 12.6. The van der Waals surface area contributed by atoms with Gasteiger partial charge in [0.2, 0.25) is 0 Å². The maximum atomic E-state index is 12.2. The van der Waals surface area contributed by atoms with E-state index in [0.717, 1.165) is 13.0 Å². The lowest BCUT2D eigenvalue weighted by Crippen LogP contribution is -2.48. The van der Waals surface area contributed by atoms with E-state index in [1.54, 1.807) is 6.92 Å². The zero-order chi connectivity index (χ0) is 14.5. The Balaban J connectivity index is 2.45. The Bertz CT molecular complexity index is 292. The molecule has 2 unspecified atom stereocenters. The first-order valence-corrected chi connectivity index (χ1v) is 7.12. The molecule has 2 N–H and O–H groups in total. The highest BCUT2D eigenvalue weighted by Crippen LogP contribution is 2.21. The summed E-state index contributed by atoms with van der Waals surface area (Å²) in [5, 5.41) is 12.4. The van der Waals surface area contributed by atoms with Gasteiger partial charge in [0.1, 0.15) is 0 Å². The monoisotopic (exact) mass is 272 g/mol. The Morgan fingerprint density at radius 2 is 2.21 bits per heavy atom. The van der Waals surface area contributed by atoms with Crippen LogP contribution >= 0.6 is 0 Å². The number of nitrogens with one attached hydrogen (secondary N) is 1. The molecule has 0 aromatic heterocycles. The molecule has 1 fully saturated rings. The molecule has 0 aliphatic carbocycles. The quantitative estimate of drug-likeness (QED) is 0.817. The van der Waals surface area contributed by atoms with E-state index in [2.05, 4.69) is 26.1 Å². The molecular formula is C14H28N2O3. The second kappa shape index (κ2) is 7.10. The molecule has 0 aromatic carbocycles. The molecule has 1 saturated heterocycles. The fourth-order valence-electron chi connectivity index (χ4n) is 2.49. The first kappa shape index (κ1) is 16.2. The van der Waals surface area contributed by atoms with Crippen LogP contribution in [0.2, 0.25) is 0 Å². The molecule has 0 aromatic rings. The average Bonchev–Trinajstić information content (AvgIpc) is 2.49. The highest BCUT2D eigenvalue weighted by atomic mass is 16.5. The van der Waals surface area contributed by atoms with Crippen molar-refractivity contribution in [3.05, 3.63) is 0 Å².